The van der Waals surface area contributed by atoms with Gasteiger partial charge in [0.1, 0.15) is 0 Å². The number of anilines is 2. The fourth-order valence-electron chi connectivity index (χ4n) is 4.53. The Morgan fingerprint density at radius 2 is 1.38 bits per heavy atom. The highest BCUT2D eigenvalue weighted by Gasteiger charge is 2.28. The second-order valence-corrected chi connectivity index (χ2v) is 11.5. The molecule has 192 valence electrons. The zero-order chi connectivity index (χ0) is 25.9. The standard InChI is InChI=1S/C31H35N3OS2/c1-2-3-21-36-31(37-22-13-5-8-20-29(35)33-32)30-25-16-9-11-18-27(25)34(23-24-14-6-4-7-15-24)28-19-12-10-17-26(28)30/h4,6-7,9-12,14-19H,1-3,5,8,13,20-23,32H2/p+1. The van der Waals surface area contributed by atoms with Crippen molar-refractivity contribution < 1.29 is 4.79 Å². The number of hydrogen-bond acceptors (Lipinski definition) is 5. The van der Waals surface area contributed by atoms with E-state index in [2.05, 4.69) is 96.1 Å². The van der Waals surface area contributed by atoms with E-state index in [-0.39, 0.29) is 5.91 Å². The molecule has 0 saturated heterocycles. The van der Waals surface area contributed by atoms with Gasteiger partial charge in [0.15, 0.2) is 0 Å². The number of benzene rings is 3. The highest BCUT2D eigenvalue weighted by Crippen LogP contribution is 2.50. The Balaban J connectivity index is 1.66. The molecule has 1 heterocycles. The maximum Gasteiger partial charge on any atom is 0.233 e. The molecule has 4 rings (SSSR count). The molecule has 1 amide bonds. The minimum Gasteiger partial charge on any atom is -0.336 e. The summed E-state index contributed by atoms with van der Waals surface area (Å²) in [6, 6.07) is 28.3. The number of carbonyl (C=O) groups excluding carboxylic acids is 1. The molecule has 3 aromatic rings. The van der Waals surface area contributed by atoms with Crippen molar-refractivity contribution in [2.45, 2.75) is 45.1 Å². The van der Waals surface area contributed by atoms with Gasteiger partial charge in [0.25, 0.3) is 0 Å². The molecule has 3 N–H and O–H groups in total. The molecule has 37 heavy (non-hydrogen) atoms. The molecule has 0 saturated carbocycles. The zero-order valence-corrected chi connectivity index (χ0v) is 23.0. The molecular formula is C31H36N3OS2+. The third-order valence-electron chi connectivity index (χ3n) is 6.39. The first kappa shape index (κ1) is 27.2. The molecule has 0 spiro atoms. The predicted octanol–water partition coefficient (Wildman–Crippen LogP) is 7.69. The van der Waals surface area contributed by atoms with E-state index < -0.39 is 0 Å². The molecule has 0 unspecified atom stereocenters. The molecule has 1 aliphatic heterocycles. The number of fused-ring (bicyclic) bond motifs is 2. The number of hydrazine groups is 1. The first-order valence-corrected chi connectivity index (χ1v) is 15.0. The van der Waals surface area contributed by atoms with Crippen molar-refractivity contribution in [3.05, 3.63) is 107 Å². The predicted molar refractivity (Wildman–Crippen MR) is 161 cm³/mol. The van der Waals surface area contributed by atoms with Gasteiger partial charge >= 0.3 is 0 Å². The van der Waals surface area contributed by atoms with Gasteiger partial charge in [-0.15, -0.1) is 23.5 Å². The summed E-state index contributed by atoms with van der Waals surface area (Å²) in [7, 11) is 0. The maximum atomic E-state index is 11.4. The number of amides is 1. The van der Waals surface area contributed by atoms with Crippen molar-refractivity contribution in [3.63, 3.8) is 0 Å². The zero-order valence-electron chi connectivity index (χ0n) is 21.3. The first-order chi connectivity index (χ1) is 18.2. The number of rotatable bonds is 13. The smallest absolute Gasteiger partial charge is 0.233 e. The number of nitrogens with zero attached hydrogens (tertiary/aromatic N) is 1. The van der Waals surface area contributed by atoms with E-state index in [1.165, 1.54) is 37.9 Å². The van der Waals surface area contributed by atoms with Crippen molar-refractivity contribution in [2.75, 3.05) is 16.4 Å². The number of carbonyl (C=O) groups is 1. The van der Waals surface area contributed by atoms with Crippen LogP contribution in [0.5, 0.6) is 0 Å². The van der Waals surface area contributed by atoms with Gasteiger partial charge in [0, 0.05) is 51.0 Å². The summed E-state index contributed by atoms with van der Waals surface area (Å²) in [6.07, 6.45) is 5.49. The number of unbranched alkanes of at least 4 members (excludes halogenated alkanes) is 3. The van der Waals surface area contributed by atoms with Crippen LogP contribution in [0.2, 0.25) is 0 Å². The number of thioether (sulfide) groups is 2. The Hall–Kier alpha value is -2.80. The molecule has 6 heteroatoms. The first-order valence-electron chi connectivity index (χ1n) is 13.0. The van der Waals surface area contributed by atoms with Gasteiger partial charge < -0.3 is 4.90 Å². The fraction of sp³-hybridized carbons (Fsp3) is 0.290. The van der Waals surface area contributed by atoms with Crippen LogP contribution in [0.25, 0.3) is 5.57 Å². The lowest BCUT2D eigenvalue weighted by atomic mass is 9.91. The van der Waals surface area contributed by atoms with Crippen LogP contribution in [0, 0.1) is 6.92 Å². The molecular weight excluding hydrogens is 494 g/mol. The van der Waals surface area contributed by atoms with Crippen LogP contribution in [0.4, 0.5) is 11.4 Å². The van der Waals surface area contributed by atoms with Crippen molar-refractivity contribution >= 4 is 46.4 Å². The highest BCUT2D eigenvalue weighted by molar-refractivity contribution is 8.22. The lowest BCUT2D eigenvalue weighted by Crippen LogP contribution is -2.29. The van der Waals surface area contributed by atoms with Crippen molar-refractivity contribution in [1.29, 1.82) is 0 Å². The van der Waals surface area contributed by atoms with Gasteiger partial charge in [-0.3, -0.25) is 10.2 Å². The SMILES string of the molecule is [CH2+]CCCSC(SCCCCCC(=O)NN)=C1c2ccccc2N(Cc2ccccc2)c2ccccc21. The van der Waals surface area contributed by atoms with E-state index >= 15 is 0 Å². The van der Waals surface area contributed by atoms with E-state index in [1.807, 2.05) is 23.5 Å². The number of nitrogens with one attached hydrogen (secondary N) is 1. The number of para-hydroxylation sites is 2. The molecule has 4 nitrogen and oxygen atoms in total. The van der Waals surface area contributed by atoms with Crippen LogP contribution < -0.4 is 16.2 Å². The summed E-state index contributed by atoms with van der Waals surface area (Å²) < 4.78 is 1.38. The summed E-state index contributed by atoms with van der Waals surface area (Å²) in [6.45, 7) is 4.88. The molecule has 1 aliphatic rings. The number of nitrogens with two attached hydrogens (primary N) is 1. The van der Waals surface area contributed by atoms with Gasteiger partial charge in [-0.2, -0.15) is 0 Å². The van der Waals surface area contributed by atoms with E-state index in [0.29, 0.717) is 6.42 Å². The lowest BCUT2D eigenvalue weighted by Gasteiger charge is -2.35. The maximum absolute atomic E-state index is 11.4. The summed E-state index contributed by atoms with van der Waals surface area (Å²) in [4.78, 5) is 13.9. The Kier molecular flexibility index (Phi) is 10.5. The summed E-state index contributed by atoms with van der Waals surface area (Å²) in [5.41, 5.74) is 9.95. The second-order valence-electron chi connectivity index (χ2n) is 9.05. The number of hydrogen-bond donors (Lipinski definition) is 2. The third-order valence-corrected chi connectivity index (χ3v) is 9.01. The summed E-state index contributed by atoms with van der Waals surface area (Å²) in [5.74, 6) is 7.20. The average molecular weight is 531 g/mol. The second kappa shape index (κ2) is 14.2. The molecule has 0 atom stereocenters. The van der Waals surface area contributed by atoms with E-state index in [1.54, 1.807) is 0 Å². The van der Waals surface area contributed by atoms with E-state index in [0.717, 1.165) is 50.2 Å². The molecule has 0 fully saturated rings. The lowest BCUT2D eigenvalue weighted by molar-refractivity contribution is -0.121. The Bertz CT molecular complexity index is 1150. The minimum absolute atomic E-state index is 0.0883. The van der Waals surface area contributed by atoms with Crippen LogP contribution >= 0.6 is 23.5 Å². The summed E-state index contributed by atoms with van der Waals surface area (Å²) in [5, 5.41) is 0. The van der Waals surface area contributed by atoms with Crippen LogP contribution in [0.3, 0.4) is 0 Å². The topological polar surface area (TPSA) is 58.4 Å². The van der Waals surface area contributed by atoms with Gasteiger partial charge in [-0.05, 0) is 42.7 Å². The monoisotopic (exact) mass is 530 g/mol. The van der Waals surface area contributed by atoms with Gasteiger partial charge in [0.05, 0.1) is 13.3 Å². The van der Waals surface area contributed by atoms with Crippen molar-refractivity contribution in [1.82, 2.24) is 5.43 Å². The normalized spacial score (nSPS) is 12.1. The molecule has 0 aliphatic carbocycles. The Morgan fingerprint density at radius 1 is 0.784 bits per heavy atom. The van der Waals surface area contributed by atoms with Crippen LogP contribution in [0.15, 0.2) is 83.1 Å². The Morgan fingerprint density at radius 3 is 2.00 bits per heavy atom. The molecule has 0 aromatic heterocycles. The Labute approximate surface area is 230 Å². The molecule has 0 bridgehead atoms. The third kappa shape index (κ3) is 7.16. The van der Waals surface area contributed by atoms with Crippen LogP contribution in [-0.2, 0) is 11.3 Å². The quantitative estimate of drug-likeness (QED) is 0.0780. The molecule has 3 aromatic carbocycles. The van der Waals surface area contributed by atoms with Crippen molar-refractivity contribution in [3.8, 4) is 0 Å². The largest absolute Gasteiger partial charge is 0.336 e. The van der Waals surface area contributed by atoms with E-state index in [9.17, 15) is 4.79 Å². The fourth-order valence-corrected chi connectivity index (χ4v) is 7.16. The van der Waals surface area contributed by atoms with Crippen molar-refractivity contribution in [2.24, 2.45) is 5.84 Å². The van der Waals surface area contributed by atoms with Crippen LogP contribution in [0.1, 0.15) is 55.2 Å². The van der Waals surface area contributed by atoms with Crippen LogP contribution in [-0.4, -0.2) is 17.4 Å². The van der Waals surface area contributed by atoms with E-state index in [4.69, 9.17) is 5.84 Å². The molecule has 0 radical (unpaired) electrons. The average Bonchev–Trinajstić information content (AvgIpc) is 2.94. The van der Waals surface area contributed by atoms with Gasteiger partial charge in [-0.25, -0.2) is 5.84 Å². The highest BCUT2D eigenvalue weighted by atomic mass is 32.2. The van der Waals surface area contributed by atoms with Gasteiger partial charge in [0.2, 0.25) is 5.91 Å². The summed E-state index contributed by atoms with van der Waals surface area (Å²) >= 11 is 3.91. The minimum atomic E-state index is -0.0883. The van der Waals surface area contributed by atoms with Gasteiger partial charge in [-0.1, -0.05) is 73.2 Å².